The fourth-order valence-electron chi connectivity index (χ4n) is 1.92. The minimum absolute atomic E-state index is 0.143. The molecule has 17 heavy (non-hydrogen) atoms. The third-order valence-electron chi connectivity index (χ3n) is 2.87. The van der Waals surface area contributed by atoms with Gasteiger partial charge in [0.25, 0.3) is 5.91 Å². The molecule has 0 aliphatic heterocycles. The van der Waals surface area contributed by atoms with Gasteiger partial charge >= 0.3 is 0 Å². The second-order valence-corrected chi connectivity index (χ2v) is 4.03. The Hall–Kier alpha value is -1.97. The van der Waals surface area contributed by atoms with Crippen molar-refractivity contribution in [3.05, 3.63) is 35.9 Å². The number of para-hydroxylation sites is 1. The molecular weight excluding hydrogens is 216 g/mol. The first-order chi connectivity index (χ1) is 8.22. The fraction of sp³-hybridized carbons (Fsp3) is 0.308. The van der Waals surface area contributed by atoms with Crippen molar-refractivity contribution in [1.82, 2.24) is 5.32 Å². The first-order valence-corrected chi connectivity index (χ1v) is 5.60. The van der Waals surface area contributed by atoms with Crippen molar-refractivity contribution in [2.75, 3.05) is 12.8 Å². The molecule has 0 spiro atoms. The zero-order valence-electron chi connectivity index (χ0n) is 9.77. The minimum Gasteiger partial charge on any atom is -0.495 e. The number of nitrogen functional groups attached to an aromatic ring is 1. The maximum absolute atomic E-state index is 12.0. The number of benzene rings is 1. The molecular formula is C13H16N2O2. The Labute approximate surface area is 100 Å². The molecule has 3 N–H and O–H groups in total. The van der Waals surface area contributed by atoms with Crippen LogP contribution in [-0.2, 0) is 0 Å². The van der Waals surface area contributed by atoms with Gasteiger partial charge in [-0.25, -0.2) is 0 Å². The second-order valence-electron chi connectivity index (χ2n) is 4.03. The summed E-state index contributed by atoms with van der Waals surface area (Å²) in [6, 6.07) is 5.39. The Bertz CT molecular complexity index is 447. The molecule has 0 heterocycles. The highest BCUT2D eigenvalue weighted by atomic mass is 16.5. The van der Waals surface area contributed by atoms with Crippen molar-refractivity contribution in [3.63, 3.8) is 0 Å². The quantitative estimate of drug-likeness (QED) is 0.616. The van der Waals surface area contributed by atoms with Gasteiger partial charge in [0.2, 0.25) is 0 Å². The van der Waals surface area contributed by atoms with E-state index in [-0.39, 0.29) is 11.9 Å². The largest absolute Gasteiger partial charge is 0.495 e. The lowest BCUT2D eigenvalue weighted by Gasteiger charge is -2.14. The molecule has 0 unspecified atom stereocenters. The van der Waals surface area contributed by atoms with Crippen LogP contribution in [0, 0.1) is 0 Å². The van der Waals surface area contributed by atoms with E-state index in [1.165, 1.54) is 7.11 Å². The van der Waals surface area contributed by atoms with Crippen LogP contribution in [0.4, 0.5) is 5.69 Å². The summed E-state index contributed by atoms with van der Waals surface area (Å²) in [5.41, 5.74) is 6.72. The molecule has 4 heteroatoms. The van der Waals surface area contributed by atoms with Crippen LogP contribution >= 0.6 is 0 Å². The van der Waals surface area contributed by atoms with Crippen LogP contribution < -0.4 is 15.8 Å². The van der Waals surface area contributed by atoms with E-state index in [9.17, 15) is 4.79 Å². The topological polar surface area (TPSA) is 64.3 Å². The number of methoxy groups -OCH3 is 1. The third-order valence-corrected chi connectivity index (χ3v) is 2.87. The molecule has 1 aliphatic rings. The molecule has 0 saturated heterocycles. The molecule has 1 aromatic rings. The van der Waals surface area contributed by atoms with Crippen LogP contribution in [0.5, 0.6) is 5.75 Å². The first-order valence-electron chi connectivity index (χ1n) is 5.60. The van der Waals surface area contributed by atoms with Crippen LogP contribution in [0.2, 0.25) is 0 Å². The molecule has 90 valence electrons. The molecule has 0 bridgehead atoms. The number of carbonyl (C=O) groups excluding carboxylic acids is 1. The van der Waals surface area contributed by atoms with Crippen LogP contribution in [0.25, 0.3) is 0 Å². The SMILES string of the molecule is COc1cccc(C(=O)NC2CC=CC2)c1N. The zero-order chi connectivity index (χ0) is 12.3. The van der Waals surface area contributed by atoms with Gasteiger partial charge in [0.05, 0.1) is 18.4 Å². The summed E-state index contributed by atoms with van der Waals surface area (Å²) in [6.45, 7) is 0. The third kappa shape index (κ3) is 2.41. The van der Waals surface area contributed by atoms with Gasteiger partial charge in [-0.15, -0.1) is 0 Å². The summed E-state index contributed by atoms with van der Waals surface area (Å²) in [6.07, 6.45) is 5.91. The van der Waals surface area contributed by atoms with E-state index in [0.29, 0.717) is 17.0 Å². The van der Waals surface area contributed by atoms with Gasteiger partial charge < -0.3 is 15.8 Å². The van der Waals surface area contributed by atoms with E-state index in [2.05, 4.69) is 17.5 Å². The van der Waals surface area contributed by atoms with Gasteiger partial charge in [0.15, 0.2) is 0 Å². The Morgan fingerprint density at radius 3 is 2.76 bits per heavy atom. The highest BCUT2D eigenvalue weighted by molar-refractivity contribution is 6.00. The summed E-state index contributed by atoms with van der Waals surface area (Å²) in [5.74, 6) is 0.386. The number of nitrogens with one attached hydrogen (secondary N) is 1. The molecule has 2 rings (SSSR count). The smallest absolute Gasteiger partial charge is 0.253 e. The first kappa shape index (κ1) is 11.5. The van der Waals surface area contributed by atoms with Crippen molar-refractivity contribution in [3.8, 4) is 5.75 Å². The lowest BCUT2D eigenvalue weighted by Crippen LogP contribution is -2.33. The summed E-state index contributed by atoms with van der Waals surface area (Å²) in [4.78, 5) is 12.0. The normalized spacial score (nSPS) is 14.9. The molecule has 0 saturated carbocycles. The lowest BCUT2D eigenvalue weighted by molar-refractivity contribution is 0.0939. The van der Waals surface area contributed by atoms with E-state index in [4.69, 9.17) is 10.5 Å². The summed E-state index contributed by atoms with van der Waals surface area (Å²) in [7, 11) is 1.54. The van der Waals surface area contributed by atoms with Crippen molar-refractivity contribution in [2.24, 2.45) is 0 Å². The van der Waals surface area contributed by atoms with Crippen LogP contribution in [-0.4, -0.2) is 19.1 Å². The highest BCUT2D eigenvalue weighted by Gasteiger charge is 2.17. The highest BCUT2D eigenvalue weighted by Crippen LogP contribution is 2.25. The lowest BCUT2D eigenvalue weighted by atomic mass is 10.1. The number of rotatable bonds is 3. The number of anilines is 1. The van der Waals surface area contributed by atoms with Crippen LogP contribution in [0.1, 0.15) is 23.2 Å². The predicted molar refractivity (Wildman–Crippen MR) is 67.0 cm³/mol. The van der Waals surface area contributed by atoms with Crippen molar-refractivity contribution >= 4 is 11.6 Å². The molecule has 0 aromatic heterocycles. The second kappa shape index (κ2) is 4.91. The van der Waals surface area contributed by atoms with Gasteiger partial charge in [-0.1, -0.05) is 18.2 Å². The van der Waals surface area contributed by atoms with E-state index in [1.807, 2.05) is 0 Å². The number of hydrogen-bond acceptors (Lipinski definition) is 3. The molecule has 1 aliphatic carbocycles. The molecule has 4 nitrogen and oxygen atoms in total. The molecule has 0 fully saturated rings. The number of ether oxygens (including phenoxy) is 1. The van der Waals surface area contributed by atoms with Crippen LogP contribution in [0.3, 0.4) is 0 Å². The Kier molecular flexibility index (Phi) is 3.32. The van der Waals surface area contributed by atoms with Gasteiger partial charge in [-0.3, -0.25) is 4.79 Å². The number of amides is 1. The summed E-state index contributed by atoms with van der Waals surface area (Å²) in [5, 5.41) is 2.95. The minimum atomic E-state index is -0.143. The van der Waals surface area contributed by atoms with E-state index >= 15 is 0 Å². The maximum Gasteiger partial charge on any atom is 0.253 e. The van der Waals surface area contributed by atoms with Gasteiger partial charge in [-0.2, -0.15) is 0 Å². The average molecular weight is 232 g/mol. The average Bonchev–Trinajstić information content (AvgIpc) is 2.82. The van der Waals surface area contributed by atoms with Gasteiger partial charge in [0.1, 0.15) is 5.75 Å². The Morgan fingerprint density at radius 2 is 2.12 bits per heavy atom. The fourth-order valence-corrected chi connectivity index (χ4v) is 1.92. The molecule has 0 radical (unpaired) electrons. The predicted octanol–water partition coefficient (Wildman–Crippen LogP) is 1.73. The Morgan fingerprint density at radius 1 is 1.41 bits per heavy atom. The van der Waals surface area contributed by atoms with E-state index in [1.54, 1.807) is 18.2 Å². The van der Waals surface area contributed by atoms with Crippen LogP contribution in [0.15, 0.2) is 30.4 Å². The van der Waals surface area contributed by atoms with Crippen molar-refractivity contribution < 1.29 is 9.53 Å². The van der Waals surface area contributed by atoms with Crippen molar-refractivity contribution in [2.45, 2.75) is 18.9 Å². The maximum atomic E-state index is 12.0. The molecule has 1 amide bonds. The number of nitrogens with two attached hydrogens (primary N) is 1. The van der Waals surface area contributed by atoms with Crippen molar-refractivity contribution in [1.29, 1.82) is 0 Å². The summed E-state index contributed by atoms with van der Waals surface area (Å²) < 4.78 is 5.09. The zero-order valence-corrected chi connectivity index (χ0v) is 9.77. The van der Waals surface area contributed by atoms with Gasteiger partial charge in [-0.05, 0) is 25.0 Å². The van der Waals surface area contributed by atoms with Gasteiger partial charge in [0, 0.05) is 6.04 Å². The standard InChI is InChI=1S/C13H16N2O2/c1-17-11-8-4-7-10(12(11)14)13(16)15-9-5-2-3-6-9/h2-4,7-9H,5-6,14H2,1H3,(H,15,16). The number of carbonyl (C=O) groups is 1. The number of hydrogen-bond donors (Lipinski definition) is 2. The van der Waals surface area contributed by atoms with E-state index < -0.39 is 0 Å². The Balaban J connectivity index is 2.13. The monoisotopic (exact) mass is 232 g/mol. The summed E-state index contributed by atoms with van der Waals surface area (Å²) >= 11 is 0. The molecule has 0 atom stereocenters. The molecule has 1 aromatic carbocycles. The van der Waals surface area contributed by atoms with E-state index in [0.717, 1.165) is 12.8 Å².